The third-order valence-corrected chi connectivity index (χ3v) is 4.17. The van der Waals surface area contributed by atoms with Gasteiger partial charge in [0.2, 0.25) is 0 Å². The van der Waals surface area contributed by atoms with Crippen molar-refractivity contribution in [3.05, 3.63) is 11.3 Å². The summed E-state index contributed by atoms with van der Waals surface area (Å²) in [6.45, 7) is 3.33. The van der Waals surface area contributed by atoms with Gasteiger partial charge in [0.15, 0.2) is 5.41 Å². The highest BCUT2D eigenvalue weighted by molar-refractivity contribution is 5.40. The van der Waals surface area contributed by atoms with Crippen molar-refractivity contribution in [1.29, 1.82) is 5.26 Å². The summed E-state index contributed by atoms with van der Waals surface area (Å²) < 4.78 is 91.2. The maximum atomic E-state index is 13.5. The summed E-state index contributed by atoms with van der Waals surface area (Å²) in [5.41, 5.74) is -6.07. The van der Waals surface area contributed by atoms with Crippen molar-refractivity contribution in [2.24, 2.45) is 5.41 Å². The normalized spacial score (nSPS) is 30.7. The number of nitriles is 1. The molecule has 2 aliphatic rings. The van der Waals surface area contributed by atoms with Crippen LogP contribution < -0.4 is 0 Å². The van der Waals surface area contributed by atoms with E-state index in [4.69, 9.17) is 14.7 Å². The first kappa shape index (κ1) is 18.9. The first-order valence-corrected chi connectivity index (χ1v) is 7.33. The maximum Gasteiger partial charge on any atom is 0.416 e. The molecule has 0 aliphatic carbocycles. The Bertz CT molecular complexity index is 565. The van der Waals surface area contributed by atoms with E-state index in [1.807, 2.05) is 0 Å². The van der Waals surface area contributed by atoms with E-state index in [9.17, 15) is 26.3 Å². The second-order valence-electron chi connectivity index (χ2n) is 5.47. The van der Waals surface area contributed by atoms with Gasteiger partial charge >= 0.3 is 12.4 Å². The zero-order valence-electron chi connectivity index (χ0n) is 13.0. The molecule has 0 N–H and O–H groups in total. The van der Waals surface area contributed by atoms with E-state index in [0.717, 1.165) is 11.0 Å². The molecular formula is C14H16F6N2O2. The van der Waals surface area contributed by atoms with E-state index >= 15 is 0 Å². The molecule has 0 radical (unpaired) electrons. The van der Waals surface area contributed by atoms with Gasteiger partial charge in [0.05, 0.1) is 11.6 Å². The third kappa shape index (κ3) is 2.73. The first-order chi connectivity index (χ1) is 11.0. The quantitative estimate of drug-likeness (QED) is 0.719. The predicted octanol–water partition coefficient (Wildman–Crippen LogP) is 3.71. The molecule has 136 valence electrons. The molecule has 1 saturated heterocycles. The van der Waals surface area contributed by atoms with Crippen LogP contribution in [0.5, 0.6) is 0 Å². The molecule has 0 aromatic rings. The summed E-state index contributed by atoms with van der Waals surface area (Å²) in [5.74, 6) is 0. The Morgan fingerprint density at radius 1 is 1.12 bits per heavy atom. The van der Waals surface area contributed by atoms with E-state index in [2.05, 4.69) is 0 Å². The second-order valence-corrected chi connectivity index (χ2v) is 5.47. The molecule has 0 bridgehead atoms. The average molecular weight is 358 g/mol. The van der Waals surface area contributed by atoms with Gasteiger partial charge in [-0.15, -0.1) is 0 Å². The lowest BCUT2D eigenvalue weighted by Crippen LogP contribution is -2.63. The Morgan fingerprint density at radius 3 is 2.08 bits per heavy atom. The van der Waals surface area contributed by atoms with Crippen molar-refractivity contribution < 1.29 is 35.8 Å². The van der Waals surface area contributed by atoms with Crippen molar-refractivity contribution in [3.63, 3.8) is 0 Å². The highest BCUT2D eigenvalue weighted by Gasteiger charge is 2.70. The molecule has 2 rings (SSSR count). The van der Waals surface area contributed by atoms with Crippen LogP contribution >= 0.6 is 0 Å². The molecule has 0 aromatic carbocycles. The lowest BCUT2D eigenvalue weighted by molar-refractivity contribution is -0.258. The van der Waals surface area contributed by atoms with Gasteiger partial charge in [0.1, 0.15) is 12.5 Å². The van der Waals surface area contributed by atoms with Crippen LogP contribution in [-0.2, 0) is 9.47 Å². The largest absolute Gasteiger partial charge is 0.416 e. The fraction of sp³-hybridized carbons (Fsp3) is 0.786. The van der Waals surface area contributed by atoms with Crippen molar-refractivity contribution in [3.8, 4) is 6.07 Å². The summed E-state index contributed by atoms with van der Waals surface area (Å²) in [7, 11) is 0. The van der Waals surface area contributed by atoms with Gasteiger partial charge in [-0.2, -0.15) is 31.6 Å². The Hall–Kier alpha value is -1.47. The Labute approximate surface area is 134 Å². The van der Waals surface area contributed by atoms with Crippen LogP contribution in [0, 0.1) is 16.7 Å². The first-order valence-electron chi connectivity index (χ1n) is 7.33. The SMILES string of the molecule is CCO[C@H]1CC2=C(C(F)(F)F)[C@@](C#N)(C(F)(F)F)C[C@@H](OCC)N21. The zero-order chi connectivity index (χ0) is 18.3. The lowest BCUT2D eigenvalue weighted by atomic mass is 9.70. The summed E-state index contributed by atoms with van der Waals surface area (Å²) in [6, 6.07) is 0.884. The lowest BCUT2D eigenvalue weighted by Gasteiger charge is -2.55. The molecule has 2 aliphatic heterocycles. The van der Waals surface area contributed by atoms with Crippen LogP contribution in [0.1, 0.15) is 26.7 Å². The number of hydrogen-bond acceptors (Lipinski definition) is 4. The monoisotopic (exact) mass is 358 g/mol. The smallest absolute Gasteiger partial charge is 0.359 e. The van der Waals surface area contributed by atoms with Gasteiger partial charge in [-0.3, -0.25) is 0 Å². The number of fused-ring (bicyclic) bond motifs is 1. The molecule has 24 heavy (non-hydrogen) atoms. The molecule has 0 aromatic heterocycles. The topological polar surface area (TPSA) is 45.5 Å². The van der Waals surface area contributed by atoms with Crippen LogP contribution in [-0.4, -0.2) is 42.9 Å². The summed E-state index contributed by atoms with van der Waals surface area (Å²) in [4.78, 5) is 1.07. The fourth-order valence-electron chi connectivity index (χ4n) is 3.22. The standard InChI is InChI=1S/C14H16F6N2O2/c1-3-23-9-5-8-11(13(15,16)17)12(7-21,14(18,19)20)6-10(22(8)9)24-4-2/h9-10H,3-6H2,1-2H3/t9-,10+,12+/m0/s1. The molecular weight excluding hydrogens is 342 g/mol. The Balaban J connectivity index is 2.63. The van der Waals surface area contributed by atoms with Gasteiger partial charge in [0, 0.05) is 31.8 Å². The Morgan fingerprint density at radius 2 is 1.67 bits per heavy atom. The third-order valence-electron chi connectivity index (χ3n) is 4.17. The predicted molar refractivity (Wildman–Crippen MR) is 69.1 cm³/mol. The van der Waals surface area contributed by atoms with Crippen molar-refractivity contribution in [2.45, 2.75) is 51.5 Å². The number of alkyl halides is 6. The molecule has 2 heterocycles. The summed E-state index contributed by atoms with van der Waals surface area (Å²) in [5, 5.41) is 9.08. The van der Waals surface area contributed by atoms with E-state index in [1.54, 1.807) is 6.92 Å². The van der Waals surface area contributed by atoms with Gasteiger partial charge in [-0.1, -0.05) is 0 Å². The van der Waals surface area contributed by atoms with Crippen molar-refractivity contribution >= 4 is 0 Å². The molecule has 1 fully saturated rings. The molecule has 4 nitrogen and oxygen atoms in total. The molecule has 0 amide bonds. The van der Waals surface area contributed by atoms with Crippen LogP contribution in [0.3, 0.4) is 0 Å². The van der Waals surface area contributed by atoms with E-state index < -0.39 is 47.9 Å². The minimum atomic E-state index is -5.38. The van der Waals surface area contributed by atoms with Crippen LogP contribution in [0.2, 0.25) is 0 Å². The fourth-order valence-corrected chi connectivity index (χ4v) is 3.22. The molecule has 0 unspecified atom stereocenters. The van der Waals surface area contributed by atoms with Crippen LogP contribution in [0.25, 0.3) is 0 Å². The highest BCUT2D eigenvalue weighted by Crippen LogP contribution is 2.60. The Kier molecular flexibility index (Phi) is 4.80. The number of halogens is 6. The molecule has 0 spiro atoms. The van der Waals surface area contributed by atoms with Gasteiger partial charge in [0.25, 0.3) is 0 Å². The van der Waals surface area contributed by atoms with Gasteiger partial charge in [-0.25, -0.2) is 0 Å². The summed E-state index contributed by atoms with van der Waals surface area (Å²) >= 11 is 0. The van der Waals surface area contributed by atoms with Gasteiger partial charge in [-0.05, 0) is 13.8 Å². The van der Waals surface area contributed by atoms with E-state index in [-0.39, 0.29) is 19.6 Å². The number of nitrogens with zero attached hydrogens (tertiary/aromatic N) is 2. The average Bonchev–Trinajstić information content (AvgIpc) is 2.41. The van der Waals surface area contributed by atoms with Gasteiger partial charge < -0.3 is 14.4 Å². The minimum Gasteiger partial charge on any atom is -0.359 e. The molecule has 10 heteroatoms. The van der Waals surface area contributed by atoms with Crippen molar-refractivity contribution in [1.82, 2.24) is 4.90 Å². The second kappa shape index (κ2) is 6.11. The minimum absolute atomic E-state index is 0.00594. The maximum absolute atomic E-state index is 13.5. The number of hydrogen-bond donors (Lipinski definition) is 0. The molecule has 0 saturated carbocycles. The number of allylic oxidation sites excluding steroid dienone is 1. The number of rotatable bonds is 4. The van der Waals surface area contributed by atoms with E-state index in [1.165, 1.54) is 6.92 Å². The van der Waals surface area contributed by atoms with Crippen molar-refractivity contribution in [2.75, 3.05) is 13.2 Å². The van der Waals surface area contributed by atoms with Crippen LogP contribution in [0.15, 0.2) is 11.3 Å². The van der Waals surface area contributed by atoms with E-state index in [0.29, 0.717) is 0 Å². The summed E-state index contributed by atoms with van der Waals surface area (Å²) in [6.07, 6.45) is -14.2. The highest BCUT2D eigenvalue weighted by atomic mass is 19.4. The van der Waals surface area contributed by atoms with Crippen LogP contribution in [0.4, 0.5) is 26.3 Å². The molecule has 3 atom stereocenters. The zero-order valence-corrected chi connectivity index (χ0v) is 13.0. The number of ether oxygens (including phenoxy) is 2.